The first kappa shape index (κ1) is 15.9. The lowest BCUT2D eigenvalue weighted by atomic mass is 9.89. The number of thioether (sulfide) groups is 1. The molecule has 0 amide bonds. The van der Waals surface area contributed by atoms with Gasteiger partial charge in [0, 0.05) is 11.5 Å². The molecule has 0 saturated heterocycles. The summed E-state index contributed by atoms with van der Waals surface area (Å²) < 4.78 is 2.03. The molecule has 4 rings (SSSR count). The number of aryl methyl sites for hydroxylation is 2. The molecular weight excluding hydrogens is 316 g/mol. The van der Waals surface area contributed by atoms with Crippen LogP contribution in [0.2, 0.25) is 0 Å². The van der Waals surface area contributed by atoms with Crippen molar-refractivity contribution in [2.75, 3.05) is 0 Å². The van der Waals surface area contributed by atoms with Gasteiger partial charge in [0.2, 0.25) is 5.16 Å². The maximum atomic E-state index is 5.02. The summed E-state index contributed by atoms with van der Waals surface area (Å²) in [7, 11) is 0. The Hall–Kier alpha value is -1.62. The van der Waals surface area contributed by atoms with Crippen molar-refractivity contribution in [3.05, 3.63) is 40.7 Å². The van der Waals surface area contributed by atoms with Gasteiger partial charge in [-0.15, -0.1) is 10.2 Å². The molecule has 2 aliphatic rings. The van der Waals surface area contributed by atoms with Crippen molar-refractivity contribution in [2.24, 2.45) is 5.10 Å². The van der Waals surface area contributed by atoms with Crippen LogP contribution < -0.4 is 0 Å². The van der Waals surface area contributed by atoms with Crippen LogP contribution in [0.3, 0.4) is 0 Å². The van der Waals surface area contributed by atoms with Gasteiger partial charge >= 0.3 is 0 Å². The molecule has 126 valence electrons. The van der Waals surface area contributed by atoms with E-state index in [2.05, 4.69) is 49.2 Å². The Labute approximate surface area is 147 Å². The zero-order valence-corrected chi connectivity index (χ0v) is 15.4. The standard InChI is InChI=1S/C19H24N4S/c1-12-9-10-13(2)16(11-12)17-14(3)24-19-21-20-18(23(19)22-17)15-7-5-4-6-8-15/h9-11,14-15H,4-8H2,1-3H3/t14-/m1/s1. The van der Waals surface area contributed by atoms with Crippen LogP contribution in [0.4, 0.5) is 0 Å². The molecule has 2 heterocycles. The molecule has 0 unspecified atom stereocenters. The molecule has 1 aromatic carbocycles. The van der Waals surface area contributed by atoms with E-state index in [-0.39, 0.29) is 0 Å². The van der Waals surface area contributed by atoms with Gasteiger partial charge in [0.1, 0.15) is 0 Å². The highest BCUT2D eigenvalue weighted by atomic mass is 32.2. The number of nitrogens with zero attached hydrogens (tertiary/aromatic N) is 4. The Morgan fingerprint density at radius 2 is 1.88 bits per heavy atom. The summed E-state index contributed by atoms with van der Waals surface area (Å²) in [6, 6.07) is 6.60. The summed E-state index contributed by atoms with van der Waals surface area (Å²) in [5.41, 5.74) is 4.95. The van der Waals surface area contributed by atoms with Gasteiger partial charge in [0.25, 0.3) is 0 Å². The SMILES string of the molecule is Cc1ccc(C)c(C2=Nn3c(nnc3C3CCCCC3)S[C@@H]2C)c1. The third-order valence-corrected chi connectivity index (χ3v) is 6.19. The van der Waals surface area contributed by atoms with Crippen molar-refractivity contribution >= 4 is 17.5 Å². The van der Waals surface area contributed by atoms with Crippen LogP contribution in [0.25, 0.3) is 0 Å². The third kappa shape index (κ3) is 2.79. The first-order chi connectivity index (χ1) is 11.6. The van der Waals surface area contributed by atoms with Crippen LogP contribution in [0, 0.1) is 13.8 Å². The molecule has 1 saturated carbocycles. The number of fused-ring (bicyclic) bond motifs is 1. The van der Waals surface area contributed by atoms with Crippen molar-refractivity contribution < 1.29 is 0 Å². The molecule has 1 fully saturated rings. The zero-order chi connectivity index (χ0) is 16.7. The summed E-state index contributed by atoms with van der Waals surface area (Å²) >= 11 is 1.77. The predicted molar refractivity (Wildman–Crippen MR) is 99.0 cm³/mol. The molecule has 1 aliphatic carbocycles. The van der Waals surface area contributed by atoms with E-state index in [0.29, 0.717) is 11.2 Å². The largest absolute Gasteiger partial charge is 0.212 e. The molecule has 1 atom stereocenters. The van der Waals surface area contributed by atoms with Crippen molar-refractivity contribution in [1.82, 2.24) is 14.9 Å². The van der Waals surface area contributed by atoms with Gasteiger partial charge in [0.15, 0.2) is 5.82 Å². The molecule has 5 heteroatoms. The summed E-state index contributed by atoms with van der Waals surface area (Å²) in [6.07, 6.45) is 6.37. The van der Waals surface area contributed by atoms with Gasteiger partial charge in [-0.05, 0) is 45.2 Å². The highest BCUT2D eigenvalue weighted by Crippen LogP contribution is 2.36. The second kappa shape index (κ2) is 6.36. The van der Waals surface area contributed by atoms with Crippen LogP contribution in [-0.2, 0) is 0 Å². The molecule has 0 spiro atoms. The topological polar surface area (TPSA) is 43.1 Å². The van der Waals surface area contributed by atoms with Crippen molar-refractivity contribution in [1.29, 1.82) is 0 Å². The molecule has 4 nitrogen and oxygen atoms in total. The first-order valence-electron chi connectivity index (χ1n) is 8.92. The zero-order valence-electron chi connectivity index (χ0n) is 14.6. The van der Waals surface area contributed by atoms with Crippen molar-refractivity contribution in [3.63, 3.8) is 0 Å². The molecule has 1 aromatic heterocycles. The summed E-state index contributed by atoms with van der Waals surface area (Å²) in [6.45, 7) is 6.52. The Morgan fingerprint density at radius 1 is 1.08 bits per heavy atom. The fraction of sp³-hybridized carbons (Fsp3) is 0.526. The van der Waals surface area contributed by atoms with Crippen LogP contribution >= 0.6 is 11.8 Å². The number of aromatic nitrogens is 3. The van der Waals surface area contributed by atoms with Crippen LogP contribution in [0.15, 0.2) is 28.5 Å². The number of benzene rings is 1. The van der Waals surface area contributed by atoms with Crippen LogP contribution in [0.1, 0.15) is 67.5 Å². The maximum absolute atomic E-state index is 5.02. The fourth-order valence-corrected chi connectivity index (χ4v) is 4.67. The van der Waals surface area contributed by atoms with E-state index >= 15 is 0 Å². The van der Waals surface area contributed by atoms with E-state index in [9.17, 15) is 0 Å². The quantitative estimate of drug-likeness (QED) is 0.796. The Bertz CT molecular complexity index is 787. The normalized spacial score (nSPS) is 21.5. The lowest BCUT2D eigenvalue weighted by Gasteiger charge is -2.24. The summed E-state index contributed by atoms with van der Waals surface area (Å²) in [4.78, 5) is 0. The molecule has 0 radical (unpaired) electrons. The average Bonchev–Trinajstić information content (AvgIpc) is 3.00. The molecule has 2 aromatic rings. The highest BCUT2D eigenvalue weighted by molar-refractivity contribution is 8.00. The minimum Gasteiger partial charge on any atom is -0.191 e. The second-order valence-corrected chi connectivity index (χ2v) is 8.36. The number of rotatable bonds is 2. The van der Waals surface area contributed by atoms with Gasteiger partial charge in [-0.3, -0.25) is 0 Å². The smallest absolute Gasteiger partial charge is 0.191 e. The van der Waals surface area contributed by atoms with E-state index in [1.807, 2.05) is 4.68 Å². The fourth-order valence-electron chi connectivity index (χ4n) is 3.75. The molecule has 0 bridgehead atoms. The molecule has 1 aliphatic heterocycles. The number of hydrogen-bond donors (Lipinski definition) is 0. The molecule has 0 N–H and O–H groups in total. The Morgan fingerprint density at radius 3 is 2.67 bits per heavy atom. The van der Waals surface area contributed by atoms with Gasteiger partial charge in [-0.25, -0.2) is 0 Å². The first-order valence-corrected chi connectivity index (χ1v) is 9.80. The van der Waals surface area contributed by atoms with Gasteiger partial charge in [0.05, 0.1) is 11.0 Å². The molecular formula is C19H24N4S. The minimum absolute atomic E-state index is 0.293. The highest BCUT2D eigenvalue weighted by Gasteiger charge is 2.29. The monoisotopic (exact) mass is 340 g/mol. The third-order valence-electron chi connectivity index (χ3n) is 5.15. The van der Waals surface area contributed by atoms with E-state index in [1.165, 1.54) is 48.8 Å². The Balaban J connectivity index is 1.78. The van der Waals surface area contributed by atoms with E-state index in [1.54, 1.807) is 11.8 Å². The lowest BCUT2D eigenvalue weighted by Crippen LogP contribution is -2.24. The lowest BCUT2D eigenvalue weighted by molar-refractivity contribution is 0.417. The van der Waals surface area contributed by atoms with E-state index < -0.39 is 0 Å². The maximum Gasteiger partial charge on any atom is 0.212 e. The van der Waals surface area contributed by atoms with Crippen molar-refractivity contribution in [2.45, 2.75) is 69.2 Å². The molecule has 24 heavy (non-hydrogen) atoms. The van der Waals surface area contributed by atoms with Crippen LogP contribution in [-0.4, -0.2) is 25.8 Å². The van der Waals surface area contributed by atoms with Gasteiger partial charge < -0.3 is 0 Å². The van der Waals surface area contributed by atoms with Crippen LogP contribution in [0.5, 0.6) is 0 Å². The average molecular weight is 340 g/mol. The van der Waals surface area contributed by atoms with Crippen molar-refractivity contribution in [3.8, 4) is 0 Å². The summed E-state index contributed by atoms with van der Waals surface area (Å²) in [5, 5.41) is 15.2. The van der Waals surface area contributed by atoms with E-state index in [4.69, 9.17) is 5.10 Å². The predicted octanol–water partition coefficient (Wildman–Crippen LogP) is 4.69. The second-order valence-electron chi connectivity index (χ2n) is 7.05. The van der Waals surface area contributed by atoms with Gasteiger partial charge in [-0.1, -0.05) is 48.7 Å². The van der Waals surface area contributed by atoms with E-state index in [0.717, 1.165) is 16.7 Å². The van der Waals surface area contributed by atoms with Gasteiger partial charge in [-0.2, -0.15) is 9.78 Å². The Kier molecular flexibility index (Phi) is 4.21. The minimum atomic E-state index is 0.293. The summed E-state index contributed by atoms with van der Waals surface area (Å²) in [5.74, 6) is 1.57. The number of hydrogen-bond acceptors (Lipinski definition) is 4.